The fraction of sp³-hybridized carbons (Fsp3) is 0.238. The summed E-state index contributed by atoms with van der Waals surface area (Å²) >= 11 is 0. The van der Waals surface area contributed by atoms with Crippen LogP contribution in [0.15, 0.2) is 59.7 Å². The minimum atomic E-state index is -0.797. The van der Waals surface area contributed by atoms with E-state index < -0.39 is 11.8 Å². The SMILES string of the molecule is O=C(COc1ccc(/C=N\NC(=O)C(=O)NC2CC2)cc1)NCc1ccccc1. The van der Waals surface area contributed by atoms with Crippen molar-refractivity contribution >= 4 is 23.9 Å². The Morgan fingerprint density at radius 3 is 2.41 bits per heavy atom. The minimum absolute atomic E-state index is 0.0908. The van der Waals surface area contributed by atoms with Gasteiger partial charge in [0.2, 0.25) is 0 Å². The number of ether oxygens (including phenoxy) is 1. The molecule has 0 radical (unpaired) electrons. The molecule has 8 heteroatoms. The van der Waals surface area contributed by atoms with Gasteiger partial charge in [-0.25, -0.2) is 5.43 Å². The van der Waals surface area contributed by atoms with Crippen molar-refractivity contribution in [2.24, 2.45) is 5.10 Å². The molecule has 3 rings (SSSR count). The predicted molar refractivity (Wildman–Crippen MR) is 107 cm³/mol. The number of nitrogens with zero attached hydrogens (tertiary/aromatic N) is 1. The van der Waals surface area contributed by atoms with Crippen LogP contribution in [0.25, 0.3) is 0 Å². The lowest BCUT2D eigenvalue weighted by Crippen LogP contribution is -2.38. The Morgan fingerprint density at radius 1 is 1.00 bits per heavy atom. The first-order valence-electron chi connectivity index (χ1n) is 9.27. The smallest absolute Gasteiger partial charge is 0.329 e. The van der Waals surface area contributed by atoms with E-state index in [0.29, 0.717) is 17.9 Å². The van der Waals surface area contributed by atoms with Crippen LogP contribution in [-0.2, 0) is 20.9 Å². The second kappa shape index (κ2) is 10.0. The second-order valence-electron chi connectivity index (χ2n) is 6.57. The number of carbonyl (C=O) groups excluding carboxylic acids is 3. The molecule has 0 atom stereocenters. The molecular weight excluding hydrogens is 372 g/mol. The lowest BCUT2D eigenvalue weighted by Gasteiger charge is -2.08. The van der Waals surface area contributed by atoms with E-state index in [1.807, 2.05) is 30.3 Å². The van der Waals surface area contributed by atoms with Gasteiger partial charge in [0, 0.05) is 12.6 Å². The summed E-state index contributed by atoms with van der Waals surface area (Å²) in [7, 11) is 0. The van der Waals surface area contributed by atoms with Crippen molar-refractivity contribution in [2.75, 3.05) is 6.61 Å². The first-order valence-corrected chi connectivity index (χ1v) is 9.27. The van der Waals surface area contributed by atoms with Crippen molar-refractivity contribution in [3.8, 4) is 5.75 Å². The zero-order chi connectivity index (χ0) is 20.5. The Morgan fingerprint density at radius 2 is 1.72 bits per heavy atom. The molecule has 0 saturated heterocycles. The molecule has 0 aliphatic heterocycles. The van der Waals surface area contributed by atoms with E-state index in [4.69, 9.17) is 4.74 Å². The monoisotopic (exact) mass is 394 g/mol. The fourth-order valence-electron chi connectivity index (χ4n) is 2.34. The van der Waals surface area contributed by atoms with Gasteiger partial charge in [-0.05, 0) is 48.2 Å². The first kappa shape index (κ1) is 20.1. The minimum Gasteiger partial charge on any atom is -0.484 e. The third-order valence-corrected chi connectivity index (χ3v) is 4.08. The molecule has 3 amide bonds. The molecule has 150 valence electrons. The fourth-order valence-corrected chi connectivity index (χ4v) is 2.34. The molecule has 8 nitrogen and oxygen atoms in total. The molecule has 1 aliphatic carbocycles. The van der Waals surface area contributed by atoms with Gasteiger partial charge in [-0.15, -0.1) is 0 Å². The van der Waals surface area contributed by atoms with Gasteiger partial charge in [-0.2, -0.15) is 5.10 Å². The van der Waals surface area contributed by atoms with Crippen molar-refractivity contribution in [2.45, 2.75) is 25.4 Å². The number of nitrogens with one attached hydrogen (secondary N) is 3. The van der Waals surface area contributed by atoms with Crippen LogP contribution in [0.2, 0.25) is 0 Å². The summed E-state index contributed by atoms with van der Waals surface area (Å²) in [5.41, 5.74) is 3.90. The molecule has 29 heavy (non-hydrogen) atoms. The number of amides is 3. The van der Waals surface area contributed by atoms with E-state index >= 15 is 0 Å². The molecule has 0 spiro atoms. The zero-order valence-electron chi connectivity index (χ0n) is 15.8. The number of rotatable bonds is 8. The topological polar surface area (TPSA) is 109 Å². The van der Waals surface area contributed by atoms with E-state index in [1.165, 1.54) is 6.21 Å². The quantitative estimate of drug-likeness (QED) is 0.354. The van der Waals surface area contributed by atoms with E-state index in [2.05, 4.69) is 21.2 Å². The van der Waals surface area contributed by atoms with Crippen LogP contribution in [0.3, 0.4) is 0 Å². The lowest BCUT2D eigenvalue weighted by molar-refractivity contribution is -0.139. The Hall–Kier alpha value is -3.68. The molecule has 0 aromatic heterocycles. The third kappa shape index (κ3) is 7.10. The summed E-state index contributed by atoms with van der Waals surface area (Å²) in [6.07, 6.45) is 3.23. The molecule has 0 bridgehead atoms. The average molecular weight is 394 g/mol. The Bertz CT molecular complexity index is 877. The molecule has 1 saturated carbocycles. The largest absolute Gasteiger partial charge is 0.484 e. The summed E-state index contributed by atoms with van der Waals surface area (Å²) in [5, 5.41) is 9.12. The van der Waals surface area contributed by atoms with Crippen LogP contribution in [0.1, 0.15) is 24.0 Å². The van der Waals surface area contributed by atoms with E-state index in [-0.39, 0.29) is 18.6 Å². The van der Waals surface area contributed by atoms with Gasteiger partial charge in [0.25, 0.3) is 5.91 Å². The van der Waals surface area contributed by atoms with Crippen LogP contribution in [0, 0.1) is 0 Å². The Labute approximate surface area is 168 Å². The first-order chi connectivity index (χ1) is 14.1. The average Bonchev–Trinajstić information content (AvgIpc) is 3.56. The number of hydrogen-bond donors (Lipinski definition) is 3. The van der Waals surface area contributed by atoms with Gasteiger partial charge in [0.1, 0.15) is 5.75 Å². The highest BCUT2D eigenvalue weighted by Gasteiger charge is 2.26. The van der Waals surface area contributed by atoms with Gasteiger partial charge in [-0.1, -0.05) is 30.3 Å². The number of benzene rings is 2. The summed E-state index contributed by atoms with van der Waals surface area (Å²) < 4.78 is 5.45. The van der Waals surface area contributed by atoms with Gasteiger partial charge in [0.15, 0.2) is 6.61 Å². The molecule has 2 aromatic carbocycles. The highest BCUT2D eigenvalue weighted by molar-refractivity contribution is 6.35. The highest BCUT2D eigenvalue weighted by atomic mass is 16.5. The van der Waals surface area contributed by atoms with E-state index in [0.717, 1.165) is 18.4 Å². The molecule has 0 heterocycles. The Balaban J connectivity index is 1.37. The zero-order valence-corrected chi connectivity index (χ0v) is 15.8. The number of carbonyl (C=O) groups is 3. The maximum Gasteiger partial charge on any atom is 0.329 e. The van der Waals surface area contributed by atoms with Crippen LogP contribution in [0.5, 0.6) is 5.75 Å². The van der Waals surface area contributed by atoms with Crippen LogP contribution < -0.4 is 20.8 Å². The van der Waals surface area contributed by atoms with Gasteiger partial charge >= 0.3 is 11.8 Å². The van der Waals surface area contributed by atoms with Crippen molar-refractivity contribution in [3.63, 3.8) is 0 Å². The van der Waals surface area contributed by atoms with Crippen molar-refractivity contribution < 1.29 is 19.1 Å². The number of hydrazone groups is 1. The summed E-state index contributed by atoms with van der Waals surface area (Å²) in [6, 6.07) is 16.5. The Kier molecular flexibility index (Phi) is 6.94. The molecule has 1 fully saturated rings. The summed E-state index contributed by atoms with van der Waals surface area (Å²) in [4.78, 5) is 34.9. The maximum atomic E-state index is 11.9. The molecule has 1 aliphatic rings. The second-order valence-corrected chi connectivity index (χ2v) is 6.57. The molecule has 3 N–H and O–H groups in total. The molecular formula is C21H22N4O4. The summed E-state index contributed by atoms with van der Waals surface area (Å²) in [5.74, 6) is -1.16. The van der Waals surface area contributed by atoms with Gasteiger partial charge < -0.3 is 15.4 Å². The molecule has 0 unspecified atom stereocenters. The van der Waals surface area contributed by atoms with E-state index in [1.54, 1.807) is 24.3 Å². The van der Waals surface area contributed by atoms with Crippen molar-refractivity contribution in [1.29, 1.82) is 0 Å². The maximum absolute atomic E-state index is 11.9. The normalized spacial score (nSPS) is 13.0. The van der Waals surface area contributed by atoms with Crippen LogP contribution in [0.4, 0.5) is 0 Å². The third-order valence-electron chi connectivity index (χ3n) is 4.08. The summed E-state index contributed by atoms with van der Waals surface area (Å²) in [6.45, 7) is 0.356. The standard InChI is InChI=1S/C21H22N4O4/c26-19(22-12-15-4-2-1-3-5-15)14-29-18-10-6-16(7-11-18)13-23-25-21(28)20(27)24-17-8-9-17/h1-7,10-11,13,17H,8-9,12,14H2,(H,22,26)(H,24,27)(H,25,28)/b23-13-. The highest BCUT2D eigenvalue weighted by Crippen LogP contribution is 2.18. The van der Waals surface area contributed by atoms with E-state index in [9.17, 15) is 14.4 Å². The van der Waals surface area contributed by atoms with Crippen LogP contribution >= 0.6 is 0 Å². The lowest BCUT2D eigenvalue weighted by atomic mass is 10.2. The predicted octanol–water partition coefficient (Wildman–Crippen LogP) is 1.11. The van der Waals surface area contributed by atoms with Crippen molar-refractivity contribution in [1.82, 2.24) is 16.1 Å². The van der Waals surface area contributed by atoms with Crippen molar-refractivity contribution in [3.05, 3.63) is 65.7 Å². The number of hydrogen-bond acceptors (Lipinski definition) is 5. The molecule has 2 aromatic rings. The van der Waals surface area contributed by atoms with Crippen LogP contribution in [-0.4, -0.2) is 36.6 Å². The van der Waals surface area contributed by atoms with Gasteiger partial charge in [-0.3, -0.25) is 14.4 Å². The van der Waals surface area contributed by atoms with Gasteiger partial charge in [0.05, 0.1) is 6.21 Å².